The molecule has 0 atom stereocenters. The number of rotatable bonds is 6. The van der Waals surface area contributed by atoms with Gasteiger partial charge >= 0.3 is 11.9 Å². The van der Waals surface area contributed by atoms with Gasteiger partial charge in [-0.1, -0.05) is 6.08 Å². The molecule has 6 nitrogen and oxygen atoms in total. The van der Waals surface area contributed by atoms with Gasteiger partial charge < -0.3 is 10.0 Å². The van der Waals surface area contributed by atoms with Crippen molar-refractivity contribution >= 4 is 11.4 Å². The predicted molar refractivity (Wildman–Crippen MR) is 65.4 cm³/mol. The number of aromatic nitrogens is 1. The minimum Gasteiger partial charge on any atom is -0.395 e. The zero-order valence-corrected chi connectivity index (χ0v) is 10.3. The monoisotopic (exact) mass is 291 g/mol. The lowest BCUT2D eigenvalue weighted by atomic mass is 10.2. The number of pyridine rings is 1. The van der Waals surface area contributed by atoms with Crippen LogP contribution in [0.15, 0.2) is 24.9 Å². The average Bonchev–Trinajstić information content (AvgIpc) is 2.36. The highest BCUT2D eigenvalue weighted by Crippen LogP contribution is 2.34. The summed E-state index contributed by atoms with van der Waals surface area (Å²) in [5, 5.41) is 19.8. The van der Waals surface area contributed by atoms with Gasteiger partial charge in [-0.15, -0.1) is 6.58 Å². The van der Waals surface area contributed by atoms with Gasteiger partial charge in [-0.2, -0.15) is 13.2 Å². The summed E-state index contributed by atoms with van der Waals surface area (Å²) in [5.41, 5.74) is -2.05. The van der Waals surface area contributed by atoms with Gasteiger partial charge in [-0.3, -0.25) is 10.1 Å². The van der Waals surface area contributed by atoms with E-state index < -0.39 is 22.5 Å². The van der Waals surface area contributed by atoms with E-state index in [1.54, 1.807) is 0 Å². The summed E-state index contributed by atoms with van der Waals surface area (Å²) >= 11 is 0. The van der Waals surface area contributed by atoms with E-state index >= 15 is 0 Å². The van der Waals surface area contributed by atoms with E-state index in [4.69, 9.17) is 5.11 Å². The number of anilines is 1. The van der Waals surface area contributed by atoms with Crippen LogP contribution < -0.4 is 4.90 Å². The fourth-order valence-corrected chi connectivity index (χ4v) is 1.57. The van der Waals surface area contributed by atoms with E-state index in [0.29, 0.717) is 12.3 Å². The van der Waals surface area contributed by atoms with Crippen LogP contribution in [0.25, 0.3) is 0 Å². The first-order valence-corrected chi connectivity index (χ1v) is 5.49. The third kappa shape index (κ3) is 3.67. The van der Waals surface area contributed by atoms with Crippen molar-refractivity contribution in [3.05, 3.63) is 40.7 Å². The van der Waals surface area contributed by atoms with Gasteiger partial charge in [-0.05, 0) is 6.07 Å². The molecule has 0 saturated carbocycles. The van der Waals surface area contributed by atoms with E-state index in [0.717, 1.165) is 0 Å². The molecule has 110 valence electrons. The highest BCUT2D eigenvalue weighted by Gasteiger charge is 2.35. The fraction of sp³-hybridized carbons (Fsp3) is 0.364. The van der Waals surface area contributed by atoms with E-state index in [1.807, 2.05) is 0 Å². The molecular weight excluding hydrogens is 279 g/mol. The number of hydrogen-bond donors (Lipinski definition) is 1. The van der Waals surface area contributed by atoms with Crippen molar-refractivity contribution < 1.29 is 23.2 Å². The number of alkyl halides is 3. The number of nitro groups is 1. The van der Waals surface area contributed by atoms with Crippen LogP contribution in [-0.4, -0.2) is 34.7 Å². The number of nitrogens with zero attached hydrogens (tertiary/aromatic N) is 3. The van der Waals surface area contributed by atoms with Crippen LogP contribution in [0.5, 0.6) is 0 Å². The normalized spacial score (nSPS) is 11.2. The van der Waals surface area contributed by atoms with E-state index in [9.17, 15) is 23.3 Å². The molecule has 20 heavy (non-hydrogen) atoms. The SMILES string of the molecule is C=CCN(CCO)c1cc(C(F)(F)F)ncc1[N+](=O)[O-]. The van der Waals surface area contributed by atoms with Gasteiger partial charge in [-0.25, -0.2) is 4.98 Å². The molecule has 0 aromatic carbocycles. The lowest BCUT2D eigenvalue weighted by Crippen LogP contribution is -2.28. The summed E-state index contributed by atoms with van der Waals surface area (Å²) in [4.78, 5) is 14.3. The Morgan fingerprint density at radius 2 is 2.20 bits per heavy atom. The van der Waals surface area contributed by atoms with Crippen LogP contribution in [0.3, 0.4) is 0 Å². The Bertz CT molecular complexity index is 505. The Morgan fingerprint density at radius 3 is 2.65 bits per heavy atom. The Balaban J connectivity index is 3.36. The molecule has 0 aliphatic carbocycles. The molecule has 0 unspecified atom stereocenters. The Labute approximate surface area is 112 Å². The highest BCUT2D eigenvalue weighted by molar-refractivity contribution is 5.63. The third-order valence-electron chi connectivity index (χ3n) is 2.41. The maximum Gasteiger partial charge on any atom is 0.433 e. The summed E-state index contributed by atoms with van der Waals surface area (Å²) < 4.78 is 37.8. The smallest absolute Gasteiger partial charge is 0.395 e. The molecule has 9 heteroatoms. The molecule has 0 saturated heterocycles. The number of aliphatic hydroxyl groups excluding tert-OH is 1. The number of aliphatic hydroxyl groups is 1. The largest absolute Gasteiger partial charge is 0.433 e. The topological polar surface area (TPSA) is 79.5 Å². The van der Waals surface area contributed by atoms with Crippen molar-refractivity contribution in [3.63, 3.8) is 0 Å². The van der Waals surface area contributed by atoms with Crippen molar-refractivity contribution in [3.8, 4) is 0 Å². The quantitative estimate of drug-likeness (QED) is 0.492. The molecule has 0 aliphatic rings. The molecule has 1 heterocycles. The molecule has 1 rings (SSSR count). The molecule has 0 aliphatic heterocycles. The second kappa shape index (κ2) is 6.33. The number of hydrogen-bond acceptors (Lipinski definition) is 5. The van der Waals surface area contributed by atoms with Crippen LogP contribution in [0.4, 0.5) is 24.5 Å². The van der Waals surface area contributed by atoms with Crippen LogP contribution in [0, 0.1) is 10.1 Å². The Morgan fingerprint density at radius 1 is 1.55 bits per heavy atom. The maximum absolute atomic E-state index is 12.6. The van der Waals surface area contributed by atoms with Crippen molar-refractivity contribution in [2.75, 3.05) is 24.6 Å². The molecule has 1 aromatic heterocycles. The summed E-state index contributed by atoms with van der Waals surface area (Å²) in [7, 11) is 0. The summed E-state index contributed by atoms with van der Waals surface area (Å²) in [6, 6.07) is 0.595. The molecule has 1 aromatic rings. The summed E-state index contributed by atoms with van der Waals surface area (Å²) in [5.74, 6) is 0. The van der Waals surface area contributed by atoms with Crippen molar-refractivity contribution in [2.45, 2.75) is 6.18 Å². The summed E-state index contributed by atoms with van der Waals surface area (Å²) in [6.07, 6.45) is -2.78. The van der Waals surface area contributed by atoms with E-state index in [-0.39, 0.29) is 25.4 Å². The van der Waals surface area contributed by atoms with Gasteiger partial charge in [0, 0.05) is 13.1 Å². The predicted octanol–water partition coefficient (Wildman–Crippen LogP) is 1.99. The molecule has 0 fully saturated rings. The first-order chi connectivity index (χ1) is 9.31. The van der Waals surface area contributed by atoms with E-state index in [2.05, 4.69) is 11.6 Å². The second-order valence-electron chi connectivity index (χ2n) is 3.77. The van der Waals surface area contributed by atoms with Crippen LogP contribution in [-0.2, 0) is 6.18 Å². The lowest BCUT2D eigenvalue weighted by Gasteiger charge is -2.22. The van der Waals surface area contributed by atoms with Crippen molar-refractivity contribution in [1.82, 2.24) is 4.98 Å². The van der Waals surface area contributed by atoms with Gasteiger partial charge in [0.05, 0.1) is 11.5 Å². The third-order valence-corrected chi connectivity index (χ3v) is 2.41. The minimum absolute atomic E-state index is 0.0582. The molecular formula is C11H12F3N3O3. The average molecular weight is 291 g/mol. The minimum atomic E-state index is -4.71. The first kappa shape index (κ1) is 15.9. The first-order valence-electron chi connectivity index (χ1n) is 5.49. The number of halogens is 3. The molecule has 0 bridgehead atoms. The van der Waals surface area contributed by atoms with Gasteiger partial charge in [0.15, 0.2) is 0 Å². The molecule has 0 radical (unpaired) electrons. The molecule has 0 spiro atoms. The van der Waals surface area contributed by atoms with Gasteiger partial charge in [0.2, 0.25) is 0 Å². The van der Waals surface area contributed by atoms with Gasteiger partial charge in [0.1, 0.15) is 17.6 Å². The maximum atomic E-state index is 12.6. The Kier molecular flexibility index (Phi) is 5.03. The summed E-state index contributed by atoms with van der Waals surface area (Å²) in [6.45, 7) is 3.05. The second-order valence-corrected chi connectivity index (χ2v) is 3.77. The van der Waals surface area contributed by atoms with Crippen LogP contribution >= 0.6 is 0 Å². The van der Waals surface area contributed by atoms with Crippen LogP contribution in [0.2, 0.25) is 0 Å². The standard InChI is InChI=1S/C11H12F3N3O3/c1-2-3-16(4-5-18)8-6-10(11(12,13)14)15-7-9(8)17(19)20/h2,6-7,18H,1,3-5H2. The lowest BCUT2D eigenvalue weighted by molar-refractivity contribution is -0.384. The van der Waals surface area contributed by atoms with Gasteiger partial charge in [0.25, 0.3) is 0 Å². The van der Waals surface area contributed by atoms with Crippen LogP contribution in [0.1, 0.15) is 5.69 Å². The molecule has 0 amide bonds. The highest BCUT2D eigenvalue weighted by atomic mass is 19.4. The van der Waals surface area contributed by atoms with E-state index in [1.165, 1.54) is 11.0 Å². The zero-order valence-electron chi connectivity index (χ0n) is 10.3. The van der Waals surface area contributed by atoms with Crippen molar-refractivity contribution in [1.29, 1.82) is 0 Å². The Hall–Kier alpha value is -2.16. The zero-order chi connectivity index (χ0) is 15.3. The molecule has 1 N–H and O–H groups in total. The van der Waals surface area contributed by atoms with Crippen molar-refractivity contribution in [2.24, 2.45) is 0 Å². The fourth-order valence-electron chi connectivity index (χ4n) is 1.57.